The van der Waals surface area contributed by atoms with Crippen LogP contribution >= 0.6 is 11.6 Å². The second-order valence-electron chi connectivity index (χ2n) is 2.98. The second kappa shape index (κ2) is 3.72. The third-order valence-corrected chi connectivity index (χ3v) is 1.76. The van der Waals surface area contributed by atoms with Crippen LogP contribution in [0.15, 0.2) is 12.4 Å². The molecule has 0 radical (unpaired) electrons. The van der Waals surface area contributed by atoms with Crippen LogP contribution in [0, 0.1) is 5.92 Å². The SMILES string of the molecule is CC(C)C(=O)Cn1cc(Cl)cn1. The van der Waals surface area contributed by atoms with Gasteiger partial charge < -0.3 is 0 Å². The fourth-order valence-electron chi connectivity index (χ4n) is 0.767. The van der Waals surface area contributed by atoms with Crippen LogP contribution in [-0.2, 0) is 11.3 Å². The van der Waals surface area contributed by atoms with Crippen molar-refractivity contribution in [2.75, 3.05) is 0 Å². The van der Waals surface area contributed by atoms with Crippen LogP contribution in [-0.4, -0.2) is 15.6 Å². The number of hydrogen-bond donors (Lipinski definition) is 0. The molecule has 1 rings (SSSR count). The van der Waals surface area contributed by atoms with Gasteiger partial charge >= 0.3 is 0 Å². The summed E-state index contributed by atoms with van der Waals surface area (Å²) < 4.78 is 1.55. The van der Waals surface area contributed by atoms with Gasteiger partial charge in [-0.15, -0.1) is 0 Å². The highest BCUT2D eigenvalue weighted by molar-refractivity contribution is 6.30. The molecule has 0 atom stereocenters. The fourth-order valence-corrected chi connectivity index (χ4v) is 0.923. The summed E-state index contributed by atoms with van der Waals surface area (Å²) in [7, 11) is 0. The third-order valence-electron chi connectivity index (χ3n) is 1.56. The Morgan fingerprint density at radius 1 is 1.75 bits per heavy atom. The van der Waals surface area contributed by atoms with Crippen molar-refractivity contribution in [1.82, 2.24) is 9.78 Å². The first-order chi connectivity index (χ1) is 5.59. The van der Waals surface area contributed by atoms with Gasteiger partial charge in [-0.3, -0.25) is 9.48 Å². The third kappa shape index (κ3) is 2.34. The highest BCUT2D eigenvalue weighted by atomic mass is 35.5. The molecule has 0 unspecified atom stereocenters. The fraction of sp³-hybridized carbons (Fsp3) is 0.500. The summed E-state index contributed by atoms with van der Waals surface area (Å²) >= 11 is 5.63. The molecule has 0 N–H and O–H groups in total. The van der Waals surface area contributed by atoms with E-state index in [9.17, 15) is 4.79 Å². The van der Waals surface area contributed by atoms with Crippen LogP contribution in [0.1, 0.15) is 13.8 Å². The van der Waals surface area contributed by atoms with E-state index >= 15 is 0 Å². The Hall–Kier alpha value is -0.830. The zero-order valence-electron chi connectivity index (χ0n) is 7.12. The van der Waals surface area contributed by atoms with Crippen LogP contribution in [0.5, 0.6) is 0 Å². The number of hydrogen-bond acceptors (Lipinski definition) is 2. The van der Waals surface area contributed by atoms with Crippen molar-refractivity contribution in [3.05, 3.63) is 17.4 Å². The molecule has 0 saturated carbocycles. The van der Waals surface area contributed by atoms with Gasteiger partial charge in [0.05, 0.1) is 17.8 Å². The molecular weight excluding hydrogens is 176 g/mol. The van der Waals surface area contributed by atoms with Gasteiger partial charge in [0.15, 0.2) is 5.78 Å². The Labute approximate surface area is 76.3 Å². The molecule has 1 heterocycles. The van der Waals surface area contributed by atoms with E-state index in [1.807, 2.05) is 13.8 Å². The van der Waals surface area contributed by atoms with Gasteiger partial charge in [0.2, 0.25) is 0 Å². The van der Waals surface area contributed by atoms with Crippen molar-refractivity contribution in [1.29, 1.82) is 0 Å². The molecule has 0 saturated heterocycles. The van der Waals surface area contributed by atoms with E-state index in [1.165, 1.54) is 6.20 Å². The van der Waals surface area contributed by atoms with E-state index in [0.29, 0.717) is 11.6 Å². The number of ketones is 1. The van der Waals surface area contributed by atoms with Crippen molar-refractivity contribution in [3.63, 3.8) is 0 Å². The molecule has 3 nitrogen and oxygen atoms in total. The zero-order valence-corrected chi connectivity index (χ0v) is 7.88. The van der Waals surface area contributed by atoms with Crippen molar-refractivity contribution in [2.45, 2.75) is 20.4 Å². The van der Waals surface area contributed by atoms with Crippen molar-refractivity contribution in [3.8, 4) is 0 Å². The highest BCUT2D eigenvalue weighted by Gasteiger charge is 2.08. The lowest BCUT2D eigenvalue weighted by atomic mass is 10.1. The zero-order chi connectivity index (χ0) is 9.14. The van der Waals surface area contributed by atoms with Crippen LogP contribution in [0.3, 0.4) is 0 Å². The Morgan fingerprint density at radius 2 is 2.42 bits per heavy atom. The number of carbonyl (C=O) groups excluding carboxylic acids is 1. The topological polar surface area (TPSA) is 34.9 Å². The number of nitrogens with zero attached hydrogens (tertiary/aromatic N) is 2. The number of aromatic nitrogens is 2. The largest absolute Gasteiger partial charge is 0.297 e. The maximum Gasteiger partial charge on any atom is 0.156 e. The molecule has 0 spiro atoms. The Bertz CT molecular complexity index is 280. The van der Waals surface area contributed by atoms with Gasteiger partial charge in [-0.1, -0.05) is 25.4 Å². The van der Waals surface area contributed by atoms with Gasteiger partial charge in [0, 0.05) is 12.1 Å². The van der Waals surface area contributed by atoms with Gasteiger partial charge in [-0.05, 0) is 0 Å². The monoisotopic (exact) mass is 186 g/mol. The number of Topliss-reactive ketones (excluding diaryl/α,β-unsaturated/α-hetero) is 1. The summed E-state index contributed by atoms with van der Waals surface area (Å²) in [5.41, 5.74) is 0. The Morgan fingerprint density at radius 3 is 2.83 bits per heavy atom. The summed E-state index contributed by atoms with van der Waals surface area (Å²) in [5.74, 6) is 0.211. The quantitative estimate of drug-likeness (QED) is 0.721. The lowest BCUT2D eigenvalue weighted by Gasteiger charge is -2.02. The molecular formula is C8H11ClN2O. The minimum Gasteiger partial charge on any atom is -0.297 e. The maximum absolute atomic E-state index is 11.2. The number of halogens is 1. The second-order valence-corrected chi connectivity index (χ2v) is 3.41. The van der Waals surface area contributed by atoms with Crippen molar-refractivity contribution >= 4 is 17.4 Å². The molecule has 12 heavy (non-hydrogen) atoms. The van der Waals surface area contributed by atoms with Gasteiger partial charge in [0.1, 0.15) is 0 Å². The van der Waals surface area contributed by atoms with Crippen LogP contribution in [0.25, 0.3) is 0 Å². The van der Waals surface area contributed by atoms with Gasteiger partial charge in [-0.2, -0.15) is 5.10 Å². The van der Waals surface area contributed by atoms with E-state index < -0.39 is 0 Å². The summed E-state index contributed by atoms with van der Waals surface area (Å²) in [6.07, 6.45) is 3.16. The van der Waals surface area contributed by atoms with E-state index in [-0.39, 0.29) is 11.7 Å². The van der Waals surface area contributed by atoms with Crippen LogP contribution in [0.4, 0.5) is 0 Å². The molecule has 66 valence electrons. The van der Waals surface area contributed by atoms with Crippen LogP contribution in [0.2, 0.25) is 5.02 Å². The standard InChI is InChI=1S/C8H11ClN2O/c1-6(2)8(12)5-11-4-7(9)3-10-11/h3-4,6H,5H2,1-2H3. The Kier molecular flexibility index (Phi) is 2.87. The molecule has 1 aromatic heterocycles. The maximum atomic E-state index is 11.2. The Balaban J connectivity index is 2.58. The average molecular weight is 187 g/mol. The number of carbonyl (C=O) groups is 1. The first-order valence-corrected chi connectivity index (χ1v) is 4.18. The van der Waals surface area contributed by atoms with E-state index in [1.54, 1.807) is 10.9 Å². The van der Waals surface area contributed by atoms with E-state index in [2.05, 4.69) is 5.10 Å². The minimum atomic E-state index is 0.0491. The summed E-state index contributed by atoms with van der Waals surface area (Å²) in [6.45, 7) is 4.05. The molecule has 0 bridgehead atoms. The highest BCUT2D eigenvalue weighted by Crippen LogP contribution is 2.05. The summed E-state index contributed by atoms with van der Waals surface area (Å²) in [5, 5.41) is 4.46. The van der Waals surface area contributed by atoms with E-state index in [4.69, 9.17) is 11.6 Å². The molecule has 0 aliphatic carbocycles. The minimum absolute atomic E-state index is 0.0491. The van der Waals surface area contributed by atoms with Gasteiger partial charge in [-0.25, -0.2) is 0 Å². The van der Waals surface area contributed by atoms with Gasteiger partial charge in [0.25, 0.3) is 0 Å². The number of rotatable bonds is 3. The molecule has 0 aromatic carbocycles. The predicted octanol–water partition coefficient (Wildman–Crippen LogP) is 1.76. The average Bonchev–Trinajstić information content (AvgIpc) is 2.35. The van der Waals surface area contributed by atoms with Crippen molar-refractivity contribution < 1.29 is 4.79 Å². The smallest absolute Gasteiger partial charge is 0.156 e. The predicted molar refractivity (Wildman–Crippen MR) is 47.1 cm³/mol. The summed E-state index contributed by atoms with van der Waals surface area (Å²) in [6, 6.07) is 0. The molecule has 0 aliphatic rings. The lowest BCUT2D eigenvalue weighted by Crippen LogP contribution is -2.15. The normalized spacial score (nSPS) is 10.7. The molecule has 0 fully saturated rings. The molecule has 0 aliphatic heterocycles. The van der Waals surface area contributed by atoms with Crippen molar-refractivity contribution in [2.24, 2.45) is 5.92 Å². The summed E-state index contributed by atoms with van der Waals surface area (Å²) in [4.78, 5) is 11.2. The van der Waals surface area contributed by atoms with Crippen LogP contribution < -0.4 is 0 Å². The first-order valence-electron chi connectivity index (χ1n) is 3.80. The lowest BCUT2D eigenvalue weighted by molar-refractivity contribution is -0.122. The first kappa shape index (κ1) is 9.26. The molecule has 0 amide bonds. The van der Waals surface area contributed by atoms with E-state index in [0.717, 1.165) is 0 Å². The molecule has 1 aromatic rings. The molecule has 4 heteroatoms.